The fourth-order valence-corrected chi connectivity index (χ4v) is 4.43. The lowest BCUT2D eigenvalue weighted by atomic mass is 10.0. The molecular formula is C21H22N4O8. The minimum absolute atomic E-state index is 0.00352. The molecule has 3 aliphatic heterocycles. The highest BCUT2D eigenvalue weighted by atomic mass is 16.5. The number of rotatable bonds is 5. The molecule has 0 spiro atoms. The molecule has 2 fully saturated rings. The van der Waals surface area contributed by atoms with Crippen LogP contribution < -0.4 is 10.6 Å². The topological polar surface area (TPSA) is 162 Å². The lowest BCUT2D eigenvalue weighted by molar-refractivity contribution is -0.146. The summed E-state index contributed by atoms with van der Waals surface area (Å²) >= 11 is 0. The van der Waals surface area contributed by atoms with Crippen molar-refractivity contribution in [3.8, 4) is 0 Å². The number of imide groups is 2. The minimum Gasteiger partial charge on any atom is -0.468 e. The van der Waals surface area contributed by atoms with E-state index in [-0.39, 0.29) is 49.2 Å². The molecule has 0 aliphatic carbocycles. The van der Waals surface area contributed by atoms with Crippen molar-refractivity contribution in [1.29, 1.82) is 0 Å². The number of hydrogen-bond acceptors (Lipinski definition) is 9. The Labute approximate surface area is 187 Å². The number of amides is 5. The van der Waals surface area contributed by atoms with Gasteiger partial charge in [-0.15, -0.1) is 0 Å². The first-order chi connectivity index (χ1) is 15.7. The normalized spacial score (nSPS) is 25.2. The van der Waals surface area contributed by atoms with E-state index in [1.54, 1.807) is 0 Å². The number of benzene rings is 1. The van der Waals surface area contributed by atoms with E-state index in [9.17, 15) is 33.9 Å². The van der Waals surface area contributed by atoms with Gasteiger partial charge in [-0.05, 0) is 18.6 Å². The predicted molar refractivity (Wildman–Crippen MR) is 110 cm³/mol. The number of likely N-dealkylation sites (tertiary alicyclic amines) is 1. The molecule has 3 aliphatic rings. The van der Waals surface area contributed by atoms with Crippen molar-refractivity contribution >= 4 is 41.2 Å². The first kappa shape index (κ1) is 22.6. The van der Waals surface area contributed by atoms with Crippen molar-refractivity contribution in [2.24, 2.45) is 0 Å². The highest BCUT2D eigenvalue weighted by Crippen LogP contribution is 2.32. The van der Waals surface area contributed by atoms with Gasteiger partial charge in [0.1, 0.15) is 12.1 Å². The van der Waals surface area contributed by atoms with E-state index in [4.69, 9.17) is 4.74 Å². The number of aliphatic hydroxyl groups excluding tert-OH is 1. The van der Waals surface area contributed by atoms with Gasteiger partial charge in [0, 0.05) is 19.4 Å². The van der Waals surface area contributed by atoms with Crippen molar-refractivity contribution in [2.75, 3.05) is 25.5 Å². The number of β-amino-alcohol motifs (C(OH)–C–C–N with tert-alkyl or cyclic N) is 1. The van der Waals surface area contributed by atoms with E-state index in [1.165, 1.54) is 30.2 Å². The number of nitrogens with zero attached hydrogens (tertiary/aromatic N) is 2. The molecule has 33 heavy (non-hydrogen) atoms. The lowest BCUT2D eigenvalue weighted by Crippen LogP contribution is -2.54. The standard InChI is InChI=1S/C21H22N4O8/c1-33-21(32)14-7-10(26)8-24(14)9-16(28)22-12-4-2-3-11-17(12)20(31)25(19(11)30)13-5-6-15(27)23-18(13)29/h2-4,10,13-14,26H,5-9H2,1H3,(H,22,28)(H,23,27,29). The monoisotopic (exact) mass is 458 g/mol. The zero-order chi connectivity index (χ0) is 23.9. The molecule has 0 saturated carbocycles. The third kappa shape index (κ3) is 4.10. The van der Waals surface area contributed by atoms with E-state index >= 15 is 0 Å². The molecule has 2 saturated heterocycles. The van der Waals surface area contributed by atoms with Gasteiger partial charge in [0.05, 0.1) is 36.6 Å². The van der Waals surface area contributed by atoms with Crippen LogP contribution in [-0.2, 0) is 23.9 Å². The third-order valence-corrected chi connectivity index (χ3v) is 5.94. The van der Waals surface area contributed by atoms with Gasteiger partial charge in [0.25, 0.3) is 11.8 Å². The molecule has 1 aromatic rings. The van der Waals surface area contributed by atoms with Crippen LogP contribution in [0.25, 0.3) is 0 Å². The fourth-order valence-electron chi connectivity index (χ4n) is 4.43. The molecule has 3 atom stereocenters. The average Bonchev–Trinajstić information content (AvgIpc) is 3.25. The van der Waals surface area contributed by atoms with Crippen LogP contribution in [0.3, 0.4) is 0 Å². The van der Waals surface area contributed by atoms with E-state index in [1.807, 2.05) is 0 Å². The average molecular weight is 458 g/mol. The molecule has 3 unspecified atom stereocenters. The van der Waals surface area contributed by atoms with Crippen LogP contribution >= 0.6 is 0 Å². The molecule has 3 N–H and O–H groups in total. The van der Waals surface area contributed by atoms with Gasteiger partial charge in [-0.2, -0.15) is 0 Å². The Morgan fingerprint density at radius 1 is 1.21 bits per heavy atom. The molecule has 174 valence electrons. The number of aliphatic hydroxyl groups is 1. The number of fused-ring (bicyclic) bond motifs is 1. The number of piperidine rings is 1. The maximum Gasteiger partial charge on any atom is 0.323 e. The van der Waals surface area contributed by atoms with Crippen molar-refractivity contribution in [3.05, 3.63) is 29.3 Å². The third-order valence-electron chi connectivity index (χ3n) is 5.94. The maximum atomic E-state index is 13.1. The Morgan fingerprint density at radius 3 is 2.67 bits per heavy atom. The number of anilines is 1. The fraction of sp³-hybridized carbons (Fsp3) is 0.429. The molecular weight excluding hydrogens is 436 g/mol. The number of esters is 1. The predicted octanol–water partition coefficient (Wildman–Crippen LogP) is -1.37. The quantitative estimate of drug-likeness (QED) is 0.357. The van der Waals surface area contributed by atoms with Crippen LogP contribution in [-0.4, -0.2) is 88.8 Å². The molecule has 12 heteroatoms. The van der Waals surface area contributed by atoms with Gasteiger partial charge in [0.15, 0.2) is 0 Å². The Hall–Kier alpha value is -3.64. The minimum atomic E-state index is -1.12. The Bertz CT molecular complexity index is 1070. The zero-order valence-electron chi connectivity index (χ0n) is 17.7. The Kier molecular flexibility index (Phi) is 5.95. The summed E-state index contributed by atoms with van der Waals surface area (Å²) in [6.45, 7) is -0.153. The second kappa shape index (κ2) is 8.71. The summed E-state index contributed by atoms with van der Waals surface area (Å²) in [4.78, 5) is 76.5. The van der Waals surface area contributed by atoms with Crippen LogP contribution in [0.2, 0.25) is 0 Å². The molecule has 12 nitrogen and oxygen atoms in total. The van der Waals surface area contributed by atoms with Gasteiger partial charge in [-0.25, -0.2) is 0 Å². The summed E-state index contributed by atoms with van der Waals surface area (Å²) in [7, 11) is 1.22. The van der Waals surface area contributed by atoms with E-state index in [2.05, 4.69) is 10.6 Å². The largest absolute Gasteiger partial charge is 0.468 e. The molecule has 5 amide bonds. The smallest absolute Gasteiger partial charge is 0.323 e. The van der Waals surface area contributed by atoms with E-state index in [0.717, 1.165) is 4.90 Å². The van der Waals surface area contributed by atoms with Crippen molar-refractivity contribution in [3.63, 3.8) is 0 Å². The van der Waals surface area contributed by atoms with Gasteiger partial charge < -0.3 is 15.2 Å². The van der Waals surface area contributed by atoms with E-state index in [0.29, 0.717) is 0 Å². The highest BCUT2D eigenvalue weighted by molar-refractivity contribution is 6.26. The number of nitrogens with one attached hydrogen (secondary N) is 2. The number of ether oxygens (including phenoxy) is 1. The van der Waals surface area contributed by atoms with Crippen molar-refractivity contribution in [1.82, 2.24) is 15.1 Å². The SMILES string of the molecule is COC(=O)C1CC(O)CN1CC(=O)Nc1cccc2c1C(=O)N(C1CCC(=O)NC1=O)C2=O. The Balaban J connectivity index is 1.52. The summed E-state index contributed by atoms with van der Waals surface area (Å²) in [5.41, 5.74) is 0.0677. The number of methoxy groups -OCH3 is 1. The Morgan fingerprint density at radius 2 is 1.97 bits per heavy atom. The van der Waals surface area contributed by atoms with Crippen molar-refractivity contribution < 1.29 is 38.6 Å². The summed E-state index contributed by atoms with van der Waals surface area (Å²) in [5, 5.41) is 14.6. The van der Waals surface area contributed by atoms with Crippen LogP contribution in [0.5, 0.6) is 0 Å². The summed E-state index contributed by atoms with van der Waals surface area (Å²) < 4.78 is 4.72. The highest BCUT2D eigenvalue weighted by Gasteiger charge is 2.46. The van der Waals surface area contributed by atoms with Gasteiger partial charge >= 0.3 is 5.97 Å². The van der Waals surface area contributed by atoms with Gasteiger partial charge in [-0.1, -0.05) is 6.07 Å². The molecule has 0 radical (unpaired) electrons. The zero-order valence-corrected chi connectivity index (χ0v) is 17.7. The molecule has 0 bridgehead atoms. The molecule has 1 aromatic carbocycles. The number of carbonyl (C=O) groups is 6. The molecule has 3 heterocycles. The summed E-state index contributed by atoms with van der Waals surface area (Å²) in [6, 6.07) is 2.46. The van der Waals surface area contributed by atoms with Gasteiger partial charge in [-0.3, -0.25) is 43.9 Å². The number of hydrogen-bond donors (Lipinski definition) is 3. The summed E-state index contributed by atoms with van der Waals surface area (Å²) in [5.74, 6) is -3.77. The number of carbonyl (C=O) groups excluding carboxylic acids is 6. The second-order valence-electron chi connectivity index (χ2n) is 8.08. The van der Waals surface area contributed by atoms with E-state index < -0.39 is 53.7 Å². The maximum absolute atomic E-state index is 13.1. The first-order valence-corrected chi connectivity index (χ1v) is 10.4. The first-order valence-electron chi connectivity index (χ1n) is 10.4. The van der Waals surface area contributed by atoms with Crippen LogP contribution in [0, 0.1) is 0 Å². The lowest BCUT2D eigenvalue weighted by Gasteiger charge is -2.27. The second-order valence-corrected chi connectivity index (χ2v) is 8.08. The van der Waals surface area contributed by atoms with Crippen LogP contribution in [0.1, 0.15) is 40.0 Å². The summed E-state index contributed by atoms with van der Waals surface area (Å²) in [6.07, 6.45) is -0.640. The van der Waals surface area contributed by atoms with Crippen molar-refractivity contribution in [2.45, 2.75) is 37.5 Å². The van der Waals surface area contributed by atoms with Crippen LogP contribution in [0.15, 0.2) is 18.2 Å². The van der Waals surface area contributed by atoms with Gasteiger partial charge in [0.2, 0.25) is 17.7 Å². The van der Waals surface area contributed by atoms with Crippen LogP contribution in [0.4, 0.5) is 5.69 Å². The molecule has 0 aromatic heterocycles. The molecule has 4 rings (SSSR count).